The van der Waals surface area contributed by atoms with Gasteiger partial charge in [-0.25, -0.2) is 0 Å². The van der Waals surface area contributed by atoms with E-state index in [0.29, 0.717) is 33.7 Å². The van der Waals surface area contributed by atoms with Crippen LogP contribution in [0.1, 0.15) is 27.5 Å². The van der Waals surface area contributed by atoms with Crippen molar-refractivity contribution in [1.82, 2.24) is 20.6 Å². The minimum atomic E-state index is -2.64. The number of benzene rings is 1. The van der Waals surface area contributed by atoms with Crippen molar-refractivity contribution in [1.29, 1.82) is 0 Å². The number of nitrogens with one attached hydrogen (secondary N) is 3. The summed E-state index contributed by atoms with van der Waals surface area (Å²) in [6.45, 7) is 2.16. The summed E-state index contributed by atoms with van der Waals surface area (Å²) in [7, 11) is 1.47. The second-order valence-corrected chi connectivity index (χ2v) is 9.51. The first kappa shape index (κ1) is 26.6. The third-order valence-electron chi connectivity index (χ3n) is 5.62. The van der Waals surface area contributed by atoms with Gasteiger partial charge in [0, 0.05) is 36.6 Å². The molecule has 2 amide bonds. The molecule has 14 heteroatoms. The average molecular weight is 565 g/mol. The van der Waals surface area contributed by atoms with E-state index < -0.39 is 23.2 Å². The molecule has 0 bridgehead atoms. The molecule has 2 unspecified atom stereocenters. The van der Waals surface area contributed by atoms with Crippen LogP contribution in [0.2, 0.25) is 10.0 Å². The molecule has 194 valence electrons. The molecule has 0 saturated carbocycles. The van der Waals surface area contributed by atoms with Crippen LogP contribution in [0.25, 0.3) is 0 Å². The number of allylic oxidation sites excluding steroid dienone is 1. The Labute approximate surface area is 225 Å². The molecule has 1 aromatic heterocycles. The number of pyridine rings is 1. The van der Waals surface area contributed by atoms with Gasteiger partial charge in [-0.2, -0.15) is 9.31 Å². The first-order chi connectivity index (χ1) is 17.7. The van der Waals surface area contributed by atoms with Crippen LogP contribution in [-0.4, -0.2) is 56.4 Å². The maximum Gasteiger partial charge on any atom is 0.357 e. The van der Waals surface area contributed by atoms with Crippen molar-refractivity contribution in [2.75, 3.05) is 25.5 Å². The van der Waals surface area contributed by atoms with E-state index >= 15 is 0 Å². The number of hydrazone groups is 1. The molecule has 2 aliphatic heterocycles. The quantitative estimate of drug-likeness (QED) is 0.392. The van der Waals surface area contributed by atoms with Gasteiger partial charge in [-0.1, -0.05) is 23.2 Å². The van der Waals surface area contributed by atoms with E-state index in [1.165, 1.54) is 25.4 Å². The Morgan fingerprint density at radius 1 is 1.30 bits per heavy atom. The van der Waals surface area contributed by atoms with E-state index in [2.05, 4.69) is 26.1 Å². The van der Waals surface area contributed by atoms with Crippen LogP contribution in [0.5, 0.6) is 0 Å². The number of halogens is 2. The molecule has 4 N–H and O–H groups in total. The van der Waals surface area contributed by atoms with E-state index in [-0.39, 0.29) is 35.0 Å². The molecule has 0 radical (unpaired) electrons. The summed E-state index contributed by atoms with van der Waals surface area (Å²) >= 11 is 9.84. The number of nitrogens with zero attached hydrogens (tertiary/aromatic N) is 3. The number of carbonyl (C=O) groups excluding carboxylic acids is 2. The van der Waals surface area contributed by atoms with Crippen LogP contribution in [0.15, 0.2) is 59.2 Å². The number of carbonyl (C=O) groups is 2. The normalized spacial score (nSPS) is 17.7. The van der Waals surface area contributed by atoms with Gasteiger partial charge in [0.15, 0.2) is 5.76 Å². The Balaban J connectivity index is 1.66. The summed E-state index contributed by atoms with van der Waals surface area (Å²) in [5.41, 5.74) is 4.72. The average Bonchev–Trinajstić information content (AvgIpc) is 3.34. The topological polar surface area (TPSA) is 145 Å². The third kappa shape index (κ3) is 5.93. The lowest BCUT2D eigenvalue weighted by atomic mass is 10.0. The second-order valence-electron chi connectivity index (χ2n) is 8.06. The van der Waals surface area contributed by atoms with Crippen molar-refractivity contribution < 1.29 is 22.5 Å². The summed E-state index contributed by atoms with van der Waals surface area (Å²) in [6.07, 6.45) is 4.42. The van der Waals surface area contributed by atoms with Crippen molar-refractivity contribution in [2.24, 2.45) is 5.10 Å². The van der Waals surface area contributed by atoms with Gasteiger partial charge in [0.1, 0.15) is 5.84 Å². The smallest absolute Gasteiger partial charge is 0.357 e. The third-order valence-corrected chi connectivity index (χ3v) is 6.49. The summed E-state index contributed by atoms with van der Waals surface area (Å²) in [4.78, 5) is 31.8. The molecule has 0 aliphatic carbocycles. The van der Waals surface area contributed by atoms with Crippen molar-refractivity contribution in [3.8, 4) is 0 Å². The molecule has 4 rings (SSSR count). The molecule has 2 aromatic rings. The standard InChI is InChI=1S/C23H22Cl2N6O5S/c1-12-6-14(24)8-16(23(33)26-2)19(12)29-22(32)13-7-15(36-37(34)35)11-31(10-13)21-17(9-28-30-21)20-18(25)4-3-5-27-20/h3-8,11,17,28H,9-10H2,1-2H3,(H,26,33)(H,29,32)(H,34,35). The lowest BCUT2D eigenvalue weighted by Gasteiger charge is -2.28. The zero-order valence-corrected chi connectivity index (χ0v) is 21.9. The first-order valence-corrected chi connectivity index (χ1v) is 12.7. The Morgan fingerprint density at radius 3 is 2.78 bits per heavy atom. The van der Waals surface area contributed by atoms with Gasteiger partial charge in [-0.05, 0) is 42.8 Å². The van der Waals surface area contributed by atoms with Crippen molar-refractivity contribution >= 4 is 57.9 Å². The zero-order chi connectivity index (χ0) is 26.7. The van der Waals surface area contributed by atoms with Crippen LogP contribution < -0.4 is 16.1 Å². The molecule has 2 aliphatic rings. The molecule has 1 aromatic carbocycles. The van der Waals surface area contributed by atoms with Gasteiger partial charge >= 0.3 is 11.4 Å². The monoisotopic (exact) mass is 564 g/mol. The van der Waals surface area contributed by atoms with Gasteiger partial charge in [-0.15, -0.1) is 0 Å². The Morgan fingerprint density at radius 2 is 2.08 bits per heavy atom. The molecule has 0 fully saturated rings. The summed E-state index contributed by atoms with van der Waals surface area (Å²) in [5.74, 6) is -0.903. The number of anilines is 1. The van der Waals surface area contributed by atoms with Gasteiger partial charge in [0.25, 0.3) is 11.8 Å². The highest BCUT2D eigenvalue weighted by molar-refractivity contribution is 7.74. The Hall–Kier alpha value is -3.45. The highest BCUT2D eigenvalue weighted by atomic mass is 35.5. The number of amidine groups is 1. The lowest BCUT2D eigenvalue weighted by Crippen LogP contribution is -2.37. The maximum absolute atomic E-state index is 13.4. The van der Waals surface area contributed by atoms with Crippen LogP contribution >= 0.6 is 23.2 Å². The molecule has 37 heavy (non-hydrogen) atoms. The van der Waals surface area contributed by atoms with E-state index in [0.717, 1.165) is 0 Å². The number of aromatic nitrogens is 1. The SMILES string of the molecule is CNC(=O)c1cc(Cl)cc(C)c1NC(=O)C1=CC(OS(=O)O)=CN(C2=NNCC2c2ncccc2Cl)C1. The van der Waals surface area contributed by atoms with Crippen LogP contribution in [-0.2, 0) is 20.3 Å². The predicted octanol–water partition coefficient (Wildman–Crippen LogP) is 2.93. The number of rotatable bonds is 6. The number of amides is 2. The first-order valence-electron chi connectivity index (χ1n) is 10.9. The van der Waals surface area contributed by atoms with Gasteiger partial charge < -0.3 is 25.1 Å². The molecule has 0 spiro atoms. The van der Waals surface area contributed by atoms with Crippen LogP contribution in [0, 0.1) is 6.92 Å². The summed E-state index contributed by atoms with van der Waals surface area (Å²) in [6, 6.07) is 6.50. The van der Waals surface area contributed by atoms with E-state index in [1.807, 2.05) is 0 Å². The van der Waals surface area contributed by atoms with E-state index in [9.17, 15) is 18.4 Å². The highest BCUT2D eigenvalue weighted by Gasteiger charge is 2.33. The Kier molecular flexibility index (Phi) is 8.13. The molecule has 0 saturated heterocycles. The number of hydrogen-bond donors (Lipinski definition) is 4. The van der Waals surface area contributed by atoms with E-state index in [4.69, 9.17) is 27.4 Å². The molecule has 3 heterocycles. The predicted molar refractivity (Wildman–Crippen MR) is 140 cm³/mol. The fraction of sp³-hybridized carbons (Fsp3) is 0.217. The van der Waals surface area contributed by atoms with Crippen molar-refractivity contribution in [2.45, 2.75) is 12.8 Å². The molecule has 11 nitrogen and oxygen atoms in total. The summed E-state index contributed by atoms with van der Waals surface area (Å²) in [5, 5.41) is 10.4. The van der Waals surface area contributed by atoms with Gasteiger partial charge in [-0.3, -0.25) is 19.1 Å². The minimum absolute atomic E-state index is 0.0418. The maximum atomic E-state index is 13.4. The van der Waals surface area contributed by atoms with Crippen molar-refractivity contribution in [3.05, 3.63) is 80.9 Å². The Bertz CT molecular complexity index is 1380. The fourth-order valence-electron chi connectivity index (χ4n) is 3.99. The van der Waals surface area contributed by atoms with Crippen LogP contribution in [0.3, 0.4) is 0 Å². The second kappa shape index (κ2) is 11.3. The number of hydrogen-bond acceptors (Lipinski definition) is 8. The fourth-order valence-corrected chi connectivity index (χ4v) is 4.77. The summed E-state index contributed by atoms with van der Waals surface area (Å²) < 4.78 is 25.7. The molecular formula is C23H22Cl2N6O5S. The van der Waals surface area contributed by atoms with Gasteiger partial charge in [0.05, 0.1) is 34.4 Å². The van der Waals surface area contributed by atoms with Crippen LogP contribution in [0.4, 0.5) is 5.69 Å². The van der Waals surface area contributed by atoms with Crippen molar-refractivity contribution in [3.63, 3.8) is 0 Å². The van der Waals surface area contributed by atoms with Gasteiger partial charge in [0.2, 0.25) is 0 Å². The highest BCUT2D eigenvalue weighted by Crippen LogP contribution is 2.30. The molecule has 2 atom stereocenters. The minimum Gasteiger partial charge on any atom is -0.379 e. The molecular weight excluding hydrogens is 543 g/mol. The zero-order valence-electron chi connectivity index (χ0n) is 19.6. The lowest BCUT2D eigenvalue weighted by molar-refractivity contribution is -0.113. The largest absolute Gasteiger partial charge is 0.379 e. The number of aryl methyl sites for hydroxylation is 1. The van der Waals surface area contributed by atoms with E-state index in [1.54, 1.807) is 36.2 Å².